The Morgan fingerprint density at radius 1 is 1.00 bits per heavy atom. The molecule has 0 aliphatic carbocycles. The van der Waals surface area contributed by atoms with E-state index in [0.29, 0.717) is 18.0 Å². The van der Waals surface area contributed by atoms with Crippen LogP contribution in [0.25, 0.3) is 5.69 Å². The number of sulfonamides is 1. The largest absolute Gasteiger partial charge is 0.372 e. The van der Waals surface area contributed by atoms with E-state index in [9.17, 15) is 8.42 Å². The fourth-order valence-electron chi connectivity index (χ4n) is 5.04. The Labute approximate surface area is 184 Å². The predicted octanol–water partition coefficient (Wildman–Crippen LogP) is 4.76. The first-order chi connectivity index (χ1) is 14.9. The van der Waals surface area contributed by atoms with E-state index in [1.807, 2.05) is 12.1 Å². The summed E-state index contributed by atoms with van der Waals surface area (Å²) in [4.78, 5) is 0.386. The first-order valence-corrected chi connectivity index (χ1v) is 12.5. The summed E-state index contributed by atoms with van der Waals surface area (Å²) in [5.74, 6) is 0. The third-order valence-electron chi connectivity index (χ3n) is 7.10. The van der Waals surface area contributed by atoms with Gasteiger partial charge in [-0.1, -0.05) is 25.1 Å². The van der Waals surface area contributed by atoms with E-state index < -0.39 is 10.0 Å². The predicted molar refractivity (Wildman–Crippen MR) is 124 cm³/mol. The number of aryl methyl sites for hydroxylation is 2. The highest BCUT2D eigenvalue weighted by molar-refractivity contribution is 7.89. The highest BCUT2D eigenvalue weighted by Crippen LogP contribution is 2.45. The van der Waals surface area contributed by atoms with Crippen LogP contribution in [0.4, 0.5) is 5.69 Å². The molecule has 0 saturated carbocycles. The number of piperidine rings is 1. The summed E-state index contributed by atoms with van der Waals surface area (Å²) in [7, 11) is -3.48. The lowest BCUT2D eigenvalue weighted by atomic mass is 9.82. The van der Waals surface area contributed by atoms with Gasteiger partial charge in [0.2, 0.25) is 10.0 Å². The minimum atomic E-state index is -3.48. The second-order valence-electron chi connectivity index (χ2n) is 8.78. The monoisotopic (exact) mass is 435 g/mol. The molecule has 5 rings (SSSR count). The maximum absolute atomic E-state index is 13.2. The van der Waals surface area contributed by atoms with Gasteiger partial charge in [0.15, 0.2) is 0 Å². The van der Waals surface area contributed by atoms with Gasteiger partial charge in [0.1, 0.15) is 0 Å². The molecule has 5 nitrogen and oxygen atoms in total. The number of nitrogens with zero attached hydrogens (tertiary/aromatic N) is 2. The summed E-state index contributed by atoms with van der Waals surface area (Å²) < 4.78 is 30.4. The number of nitrogens with one attached hydrogen (secondary N) is 1. The topological polar surface area (TPSA) is 54.3 Å². The molecule has 0 radical (unpaired) electrons. The summed E-state index contributed by atoms with van der Waals surface area (Å²) in [5.41, 5.74) is 6.98. The molecular formula is C25H29N3O2S. The molecule has 31 heavy (non-hydrogen) atoms. The van der Waals surface area contributed by atoms with Crippen molar-refractivity contribution in [2.75, 3.05) is 18.4 Å². The quantitative estimate of drug-likeness (QED) is 0.645. The van der Waals surface area contributed by atoms with Crippen molar-refractivity contribution in [2.45, 2.75) is 50.5 Å². The van der Waals surface area contributed by atoms with Gasteiger partial charge < -0.3 is 9.88 Å². The zero-order valence-corrected chi connectivity index (χ0v) is 19.2. The maximum Gasteiger partial charge on any atom is 0.243 e. The van der Waals surface area contributed by atoms with Gasteiger partial charge in [-0.15, -0.1) is 0 Å². The Morgan fingerprint density at radius 2 is 1.71 bits per heavy atom. The lowest BCUT2D eigenvalue weighted by Gasteiger charge is -2.46. The molecule has 1 aromatic heterocycles. The lowest BCUT2D eigenvalue weighted by Crippen LogP contribution is -2.51. The van der Waals surface area contributed by atoms with Crippen molar-refractivity contribution in [3.63, 3.8) is 0 Å². The van der Waals surface area contributed by atoms with Crippen LogP contribution in [0, 0.1) is 13.8 Å². The van der Waals surface area contributed by atoms with Gasteiger partial charge in [0, 0.05) is 25.0 Å². The third-order valence-corrected chi connectivity index (χ3v) is 9.01. The van der Waals surface area contributed by atoms with E-state index in [1.165, 1.54) is 22.5 Å². The first kappa shape index (κ1) is 20.3. The molecule has 162 valence electrons. The molecule has 3 heterocycles. The number of aromatic nitrogens is 1. The van der Waals surface area contributed by atoms with Crippen molar-refractivity contribution in [3.05, 3.63) is 77.1 Å². The molecule has 2 aliphatic heterocycles. The van der Waals surface area contributed by atoms with E-state index in [2.05, 4.69) is 61.1 Å². The van der Waals surface area contributed by atoms with Crippen LogP contribution in [-0.2, 0) is 22.0 Å². The molecule has 0 amide bonds. The molecule has 0 bridgehead atoms. The normalized spacial score (nSPS) is 17.8. The van der Waals surface area contributed by atoms with E-state index in [4.69, 9.17) is 0 Å². The molecule has 1 spiro atoms. The lowest BCUT2D eigenvalue weighted by molar-refractivity contribution is 0.247. The summed E-state index contributed by atoms with van der Waals surface area (Å²) in [6.45, 7) is 7.37. The molecule has 3 aromatic rings. The third kappa shape index (κ3) is 3.12. The average molecular weight is 436 g/mol. The van der Waals surface area contributed by atoms with Gasteiger partial charge in [0.05, 0.1) is 21.8 Å². The molecule has 1 fully saturated rings. The van der Waals surface area contributed by atoms with Crippen LogP contribution in [0.2, 0.25) is 0 Å². The van der Waals surface area contributed by atoms with Crippen molar-refractivity contribution >= 4 is 15.7 Å². The standard InChI is InChI=1S/C25H29N3O2S/c1-4-20-8-10-21(11-9-20)31(29,30)27-16-13-25(14-17-27)23-6-5-15-28(23)24-19(3)18(2)7-12-22(24)26-25/h5-12,15,26H,4,13-14,16-17H2,1-3H3. The molecule has 6 heteroatoms. The van der Waals surface area contributed by atoms with Crippen molar-refractivity contribution in [2.24, 2.45) is 0 Å². The highest BCUT2D eigenvalue weighted by Gasteiger charge is 2.44. The Hall–Kier alpha value is -2.57. The van der Waals surface area contributed by atoms with E-state index in [-0.39, 0.29) is 5.54 Å². The van der Waals surface area contributed by atoms with Crippen molar-refractivity contribution in [1.82, 2.24) is 8.87 Å². The minimum absolute atomic E-state index is 0.254. The molecule has 2 aliphatic rings. The second kappa shape index (κ2) is 7.24. The van der Waals surface area contributed by atoms with Gasteiger partial charge in [0.25, 0.3) is 0 Å². The van der Waals surface area contributed by atoms with Crippen LogP contribution in [0.5, 0.6) is 0 Å². The molecule has 2 aromatic carbocycles. The fourth-order valence-corrected chi connectivity index (χ4v) is 6.48. The van der Waals surface area contributed by atoms with E-state index in [0.717, 1.165) is 30.5 Å². The number of anilines is 1. The number of benzene rings is 2. The van der Waals surface area contributed by atoms with Crippen LogP contribution < -0.4 is 5.32 Å². The van der Waals surface area contributed by atoms with Crippen molar-refractivity contribution in [1.29, 1.82) is 0 Å². The SMILES string of the molecule is CCc1ccc(S(=O)(=O)N2CCC3(CC2)Nc2ccc(C)c(C)c2-n2cccc23)cc1. The Morgan fingerprint density at radius 3 is 2.39 bits per heavy atom. The zero-order valence-electron chi connectivity index (χ0n) is 18.4. The van der Waals surface area contributed by atoms with Crippen LogP contribution in [0.3, 0.4) is 0 Å². The summed E-state index contributed by atoms with van der Waals surface area (Å²) >= 11 is 0. The summed E-state index contributed by atoms with van der Waals surface area (Å²) in [6, 6.07) is 15.9. The summed E-state index contributed by atoms with van der Waals surface area (Å²) in [5, 5.41) is 3.81. The summed E-state index contributed by atoms with van der Waals surface area (Å²) in [6.07, 6.45) is 4.49. The smallest absolute Gasteiger partial charge is 0.243 e. The Bertz CT molecular complexity index is 1230. The first-order valence-electron chi connectivity index (χ1n) is 11.0. The van der Waals surface area contributed by atoms with E-state index in [1.54, 1.807) is 16.4 Å². The van der Waals surface area contributed by atoms with Gasteiger partial charge in [-0.3, -0.25) is 0 Å². The second-order valence-corrected chi connectivity index (χ2v) is 10.7. The zero-order chi connectivity index (χ0) is 21.8. The molecule has 1 saturated heterocycles. The van der Waals surface area contributed by atoms with Crippen LogP contribution in [0.1, 0.15) is 42.1 Å². The fraction of sp³-hybridized carbons (Fsp3) is 0.360. The number of hydrogen-bond acceptors (Lipinski definition) is 3. The van der Waals surface area contributed by atoms with Gasteiger partial charge >= 0.3 is 0 Å². The van der Waals surface area contributed by atoms with Crippen molar-refractivity contribution < 1.29 is 8.42 Å². The maximum atomic E-state index is 13.2. The number of hydrogen-bond donors (Lipinski definition) is 1. The van der Waals surface area contributed by atoms with Crippen molar-refractivity contribution in [3.8, 4) is 5.69 Å². The van der Waals surface area contributed by atoms with Gasteiger partial charge in [-0.2, -0.15) is 4.31 Å². The Balaban J connectivity index is 1.44. The van der Waals surface area contributed by atoms with E-state index >= 15 is 0 Å². The van der Waals surface area contributed by atoms with Crippen LogP contribution >= 0.6 is 0 Å². The highest BCUT2D eigenvalue weighted by atomic mass is 32.2. The van der Waals surface area contributed by atoms with Gasteiger partial charge in [-0.05, 0) is 80.1 Å². The average Bonchev–Trinajstić information content (AvgIpc) is 3.28. The molecule has 1 N–H and O–H groups in total. The Kier molecular flexibility index (Phi) is 4.75. The molecule has 0 atom stereocenters. The molecule has 0 unspecified atom stereocenters. The molecular weight excluding hydrogens is 406 g/mol. The van der Waals surface area contributed by atoms with Gasteiger partial charge in [-0.25, -0.2) is 8.42 Å². The van der Waals surface area contributed by atoms with Crippen LogP contribution in [0.15, 0.2) is 59.6 Å². The minimum Gasteiger partial charge on any atom is -0.372 e. The number of fused-ring (bicyclic) bond motifs is 4. The number of rotatable bonds is 3. The van der Waals surface area contributed by atoms with Crippen LogP contribution in [-0.4, -0.2) is 30.4 Å².